The molecule has 146 valence electrons. The van der Waals surface area contributed by atoms with Crippen molar-refractivity contribution >= 4 is 11.8 Å². The Labute approximate surface area is 158 Å². The lowest BCUT2D eigenvalue weighted by Gasteiger charge is -2.34. The molecule has 0 aromatic carbocycles. The van der Waals surface area contributed by atoms with Gasteiger partial charge in [-0.25, -0.2) is 0 Å². The summed E-state index contributed by atoms with van der Waals surface area (Å²) in [5.41, 5.74) is 2.51. The van der Waals surface area contributed by atoms with Gasteiger partial charge in [0.05, 0.1) is 17.8 Å². The van der Waals surface area contributed by atoms with Crippen LogP contribution in [0.4, 0.5) is 0 Å². The summed E-state index contributed by atoms with van der Waals surface area (Å²) >= 11 is 0. The van der Waals surface area contributed by atoms with E-state index >= 15 is 0 Å². The van der Waals surface area contributed by atoms with E-state index in [0.717, 1.165) is 36.7 Å². The first-order valence-electron chi connectivity index (χ1n) is 9.12. The predicted molar refractivity (Wildman–Crippen MR) is 98.3 cm³/mol. The molecule has 1 aliphatic rings. The fourth-order valence-electron chi connectivity index (χ4n) is 3.33. The van der Waals surface area contributed by atoms with Gasteiger partial charge >= 0.3 is 0 Å². The predicted octanol–water partition coefficient (Wildman–Crippen LogP) is 1.58. The SMILES string of the molecule is Cc1cc(C(=O)NCC(=O)N2CCN(Cc3c(C)noc3C)CC2)c(C)o1. The molecule has 8 nitrogen and oxygen atoms in total. The van der Waals surface area contributed by atoms with Gasteiger partial charge in [0.1, 0.15) is 17.3 Å². The smallest absolute Gasteiger partial charge is 0.255 e. The highest BCUT2D eigenvalue weighted by Gasteiger charge is 2.23. The van der Waals surface area contributed by atoms with Crippen LogP contribution in [0.25, 0.3) is 0 Å². The van der Waals surface area contributed by atoms with Crippen molar-refractivity contribution in [3.8, 4) is 0 Å². The summed E-state index contributed by atoms with van der Waals surface area (Å²) in [7, 11) is 0. The molecule has 27 heavy (non-hydrogen) atoms. The van der Waals surface area contributed by atoms with E-state index in [0.29, 0.717) is 30.2 Å². The molecule has 0 radical (unpaired) electrons. The first-order valence-corrected chi connectivity index (χ1v) is 9.12. The highest BCUT2D eigenvalue weighted by molar-refractivity contribution is 5.97. The molecule has 2 aromatic heterocycles. The number of piperazine rings is 1. The molecule has 0 atom stereocenters. The van der Waals surface area contributed by atoms with E-state index in [-0.39, 0.29) is 18.4 Å². The van der Waals surface area contributed by atoms with Gasteiger partial charge < -0.3 is 19.2 Å². The third kappa shape index (κ3) is 4.39. The topological polar surface area (TPSA) is 91.8 Å². The van der Waals surface area contributed by atoms with E-state index in [1.807, 2.05) is 13.8 Å². The number of aromatic nitrogens is 1. The second kappa shape index (κ2) is 7.96. The van der Waals surface area contributed by atoms with Crippen molar-refractivity contribution in [3.63, 3.8) is 0 Å². The molecule has 1 saturated heterocycles. The van der Waals surface area contributed by atoms with Crippen molar-refractivity contribution < 1.29 is 18.5 Å². The van der Waals surface area contributed by atoms with Crippen LogP contribution in [-0.4, -0.2) is 59.5 Å². The normalized spacial score (nSPS) is 15.2. The quantitative estimate of drug-likeness (QED) is 0.854. The second-order valence-electron chi connectivity index (χ2n) is 6.97. The zero-order valence-corrected chi connectivity index (χ0v) is 16.3. The molecule has 3 heterocycles. The highest BCUT2D eigenvalue weighted by Crippen LogP contribution is 2.16. The summed E-state index contributed by atoms with van der Waals surface area (Å²) in [5.74, 6) is 1.73. The number of rotatable bonds is 5. The minimum atomic E-state index is -0.283. The first kappa shape index (κ1) is 19.2. The molecular weight excluding hydrogens is 348 g/mol. The number of hydrogen-bond acceptors (Lipinski definition) is 6. The van der Waals surface area contributed by atoms with Gasteiger partial charge in [-0.05, 0) is 33.8 Å². The number of hydrogen-bond donors (Lipinski definition) is 1. The minimum Gasteiger partial charge on any atom is -0.466 e. The monoisotopic (exact) mass is 374 g/mol. The Morgan fingerprint density at radius 2 is 1.81 bits per heavy atom. The van der Waals surface area contributed by atoms with Gasteiger partial charge in [-0.2, -0.15) is 0 Å². The lowest BCUT2D eigenvalue weighted by molar-refractivity contribution is -0.131. The molecule has 3 rings (SSSR count). The van der Waals surface area contributed by atoms with Gasteiger partial charge in [-0.1, -0.05) is 5.16 Å². The number of aryl methyl sites for hydroxylation is 4. The van der Waals surface area contributed by atoms with E-state index in [1.165, 1.54) is 0 Å². The minimum absolute atomic E-state index is 0.00757. The second-order valence-corrected chi connectivity index (χ2v) is 6.97. The molecule has 0 unspecified atom stereocenters. The van der Waals surface area contributed by atoms with Crippen LogP contribution >= 0.6 is 0 Å². The third-order valence-corrected chi connectivity index (χ3v) is 4.97. The van der Waals surface area contributed by atoms with Crippen LogP contribution in [0, 0.1) is 27.7 Å². The maximum absolute atomic E-state index is 12.4. The summed E-state index contributed by atoms with van der Waals surface area (Å²) in [6.45, 7) is 11.0. The molecular formula is C19H26N4O4. The van der Waals surface area contributed by atoms with Gasteiger partial charge in [-0.3, -0.25) is 14.5 Å². The summed E-state index contributed by atoms with van der Waals surface area (Å²) < 4.78 is 10.6. The zero-order chi connectivity index (χ0) is 19.6. The van der Waals surface area contributed by atoms with Crippen molar-refractivity contribution in [1.82, 2.24) is 20.3 Å². The van der Waals surface area contributed by atoms with Crippen LogP contribution in [0.2, 0.25) is 0 Å². The molecule has 1 fully saturated rings. The Balaban J connectivity index is 1.46. The van der Waals surface area contributed by atoms with Gasteiger partial charge in [0.2, 0.25) is 5.91 Å². The van der Waals surface area contributed by atoms with Crippen molar-refractivity contribution in [3.05, 3.63) is 40.2 Å². The van der Waals surface area contributed by atoms with Crippen LogP contribution < -0.4 is 5.32 Å². The molecule has 0 spiro atoms. The van der Waals surface area contributed by atoms with Crippen molar-refractivity contribution in [1.29, 1.82) is 0 Å². The summed E-state index contributed by atoms with van der Waals surface area (Å²) in [4.78, 5) is 28.7. The molecule has 1 aliphatic heterocycles. The van der Waals surface area contributed by atoms with Crippen LogP contribution in [0.5, 0.6) is 0 Å². The standard InChI is InChI=1S/C19H26N4O4/c1-12-9-16(14(3)26-12)19(25)20-10-18(24)23-7-5-22(6-8-23)11-17-13(2)21-27-15(17)4/h9H,5-8,10-11H2,1-4H3,(H,20,25). The molecule has 2 amide bonds. The Kier molecular flexibility index (Phi) is 5.65. The van der Waals surface area contributed by atoms with E-state index in [2.05, 4.69) is 15.4 Å². The van der Waals surface area contributed by atoms with Crippen LogP contribution in [0.1, 0.15) is 38.9 Å². The average molecular weight is 374 g/mol. The largest absolute Gasteiger partial charge is 0.466 e. The number of furan rings is 1. The maximum atomic E-state index is 12.4. The molecule has 2 aromatic rings. The summed E-state index contributed by atoms with van der Waals surface area (Å²) in [6, 6.07) is 1.68. The van der Waals surface area contributed by atoms with E-state index < -0.39 is 0 Å². The Morgan fingerprint density at radius 3 is 2.37 bits per heavy atom. The van der Waals surface area contributed by atoms with Crippen molar-refractivity contribution in [2.45, 2.75) is 34.2 Å². The van der Waals surface area contributed by atoms with Crippen LogP contribution in [0.3, 0.4) is 0 Å². The Morgan fingerprint density at radius 1 is 1.11 bits per heavy atom. The Bertz CT molecular complexity index is 811. The van der Waals surface area contributed by atoms with Crippen molar-refractivity contribution in [2.24, 2.45) is 0 Å². The lowest BCUT2D eigenvalue weighted by atomic mass is 10.2. The van der Waals surface area contributed by atoms with Crippen LogP contribution in [-0.2, 0) is 11.3 Å². The molecule has 1 N–H and O–H groups in total. The Hall–Kier alpha value is -2.61. The maximum Gasteiger partial charge on any atom is 0.255 e. The van der Waals surface area contributed by atoms with Gasteiger partial charge in [0.25, 0.3) is 5.91 Å². The fraction of sp³-hybridized carbons (Fsp3) is 0.526. The highest BCUT2D eigenvalue weighted by atomic mass is 16.5. The fourth-order valence-corrected chi connectivity index (χ4v) is 3.33. The van der Waals surface area contributed by atoms with Crippen molar-refractivity contribution in [2.75, 3.05) is 32.7 Å². The van der Waals surface area contributed by atoms with Crippen LogP contribution in [0.15, 0.2) is 15.0 Å². The molecule has 0 aliphatic carbocycles. The average Bonchev–Trinajstić information content (AvgIpc) is 3.15. The summed E-state index contributed by atoms with van der Waals surface area (Å²) in [5, 5.41) is 6.67. The molecule has 0 saturated carbocycles. The first-order chi connectivity index (χ1) is 12.8. The third-order valence-electron chi connectivity index (χ3n) is 4.97. The van der Waals surface area contributed by atoms with Gasteiger partial charge in [0.15, 0.2) is 0 Å². The zero-order valence-electron chi connectivity index (χ0n) is 16.3. The number of carbonyl (C=O) groups is 2. The number of carbonyl (C=O) groups excluding carboxylic acids is 2. The number of nitrogens with zero attached hydrogens (tertiary/aromatic N) is 3. The van der Waals surface area contributed by atoms with E-state index in [9.17, 15) is 9.59 Å². The number of nitrogens with one attached hydrogen (secondary N) is 1. The van der Waals surface area contributed by atoms with Gasteiger partial charge in [-0.15, -0.1) is 0 Å². The summed E-state index contributed by atoms with van der Waals surface area (Å²) in [6.07, 6.45) is 0. The molecule has 0 bridgehead atoms. The van der Waals surface area contributed by atoms with E-state index in [4.69, 9.17) is 8.94 Å². The number of amides is 2. The van der Waals surface area contributed by atoms with E-state index in [1.54, 1.807) is 24.8 Å². The molecule has 8 heteroatoms. The lowest BCUT2D eigenvalue weighted by Crippen LogP contribution is -2.50. The van der Waals surface area contributed by atoms with Gasteiger partial charge in [0, 0.05) is 38.3 Å².